The molecule has 0 unspecified atom stereocenters. The van der Waals surface area contributed by atoms with Crippen LogP contribution in [0.2, 0.25) is 0 Å². The summed E-state index contributed by atoms with van der Waals surface area (Å²) in [5.41, 5.74) is 0.918. The highest BCUT2D eigenvalue weighted by Crippen LogP contribution is 2.05. The van der Waals surface area contributed by atoms with Gasteiger partial charge in [-0.3, -0.25) is 0 Å². The molecule has 1 amide bonds. The normalized spacial score (nSPS) is 13.6. The summed E-state index contributed by atoms with van der Waals surface area (Å²) in [4.78, 5) is 11.4. The van der Waals surface area contributed by atoms with Crippen molar-refractivity contribution in [2.45, 2.75) is 45.0 Å². The van der Waals surface area contributed by atoms with Crippen molar-refractivity contribution in [1.29, 1.82) is 0 Å². The summed E-state index contributed by atoms with van der Waals surface area (Å²) >= 11 is 0. The lowest BCUT2D eigenvalue weighted by atomic mass is 10.1. The van der Waals surface area contributed by atoms with Gasteiger partial charge in [0, 0.05) is 6.54 Å². The average molecular weight is 281 g/mol. The Hall–Kier alpha value is -1.59. The number of aliphatic hydroxyl groups is 2. The van der Waals surface area contributed by atoms with Gasteiger partial charge in [0.2, 0.25) is 0 Å². The number of rotatable bonds is 8. The van der Waals surface area contributed by atoms with Crippen LogP contribution >= 0.6 is 0 Å². The van der Waals surface area contributed by atoms with E-state index in [0.29, 0.717) is 12.8 Å². The van der Waals surface area contributed by atoms with Crippen LogP contribution in [0.4, 0.5) is 4.79 Å². The van der Waals surface area contributed by atoms with Crippen LogP contribution in [0.15, 0.2) is 30.3 Å². The number of hydrogen-bond acceptors (Lipinski definition) is 4. The fourth-order valence-electron chi connectivity index (χ4n) is 1.78. The van der Waals surface area contributed by atoms with Crippen molar-refractivity contribution in [3.63, 3.8) is 0 Å². The molecule has 1 rings (SSSR count). The van der Waals surface area contributed by atoms with Crippen molar-refractivity contribution in [3.8, 4) is 0 Å². The van der Waals surface area contributed by atoms with Crippen LogP contribution in [-0.4, -0.2) is 35.1 Å². The summed E-state index contributed by atoms with van der Waals surface area (Å²) < 4.78 is 5.02. The average Bonchev–Trinajstić information content (AvgIpc) is 2.46. The number of ether oxygens (including phenoxy) is 1. The van der Waals surface area contributed by atoms with E-state index < -0.39 is 18.3 Å². The summed E-state index contributed by atoms with van der Waals surface area (Å²) in [7, 11) is 0. The van der Waals surface area contributed by atoms with Crippen LogP contribution in [0.25, 0.3) is 0 Å². The van der Waals surface area contributed by atoms with E-state index in [1.807, 2.05) is 37.3 Å². The van der Waals surface area contributed by atoms with Gasteiger partial charge in [-0.25, -0.2) is 4.79 Å². The molecule has 112 valence electrons. The maximum atomic E-state index is 11.4. The van der Waals surface area contributed by atoms with Gasteiger partial charge >= 0.3 is 6.09 Å². The van der Waals surface area contributed by atoms with Crippen molar-refractivity contribution in [3.05, 3.63) is 35.9 Å². The first-order valence-electron chi connectivity index (χ1n) is 6.94. The highest BCUT2D eigenvalue weighted by atomic mass is 16.5. The van der Waals surface area contributed by atoms with Gasteiger partial charge < -0.3 is 20.3 Å². The Balaban J connectivity index is 2.14. The van der Waals surface area contributed by atoms with Crippen LogP contribution in [0, 0.1) is 0 Å². The van der Waals surface area contributed by atoms with Crippen LogP contribution in [0.3, 0.4) is 0 Å². The molecule has 0 aromatic heterocycles. The maximum Gasteiger partial charge on any atom is 0.407 e. The van der Waals surface area contributed by atoms with Crippen molar-refractivity contribution in [2.24, 2.45) is 0 Å². The van der Waals surface area contributed by atoms with Crippen molar-refractivity contribution in [1.82, 2.24) is 5.32 Å². The molecule has 0 saturated heterocycles. The van der Waals surface area contributed by atoms with Crippen LogP contribution in [0.1, 0.15) is 31.7 Å². The van der Waals surface area contributed by atoms with E-state index in [-0.39, 0.29) is 13.2 Å². The van der Waals surface area contributed by atoms with Gasteiger partial charge in [-0.2, -0.15) is 0 Å². The Bertz CT molecular complexity index is 383. The highest BCUT2D eigenvalue weighted by molar-refractivity contribution is 5.67. The summed E-state index contributed by atoms with van der Waals surface area (Å²) in [6.45, 7) is 2.43. The lowest BCUT2D eigenvalue weighted by Gasteiger charge is -2.17. The SMILES string of the molecule is CCC[C@H](O)[C@H](O)CCNC(=O)OCc1ccccc1. The molecule has 5 nitrogen and oxygen atoms in total. The van der Waals surface area contributed by atoms with Gasteiger partial charge in [0.15, 0.2) is 0 Å². The lowest BCUT2D eigenvalue weighted by Crippen LogP contribution is -2.32. The van der Waals surface area contributed by atoms with E-state index in [9.17, 15) is 15.0 Å². The van der Waals surface area contributed by atoms with Crippen LogP contribution in [-0.2, 0) is 11.3 Å². The van der Waals surface area contributed by atoms with Gasteiger partial charge in [-0.15, -0.1) is 0 Å². The summed E-state index contributed by atoms with van der Waals surface area (Å²) in [5, 5.41) is 21.7. The molecule has 0 saturated carbocycles. The number of aliphatic hydroxyl groups excluding tert-OH is 2. The van der Waals surface area contributed by atoms with Gasteiger partial charge in [-0.1, -0.05) is 43.7 Å². The lowest BCUT2D eigenvalue weighted by molar-refractivity contribution is 0.00975. The van der Waals surface area contributed by atoms with Crippen molar-refractivity contribution in [2.75, 3.05) is 6.54 Å². The molecule has 0 aliphatic carbocycles. The molecule has 1 aromatic carbocycles. The molecule has 0 aliphatic heterocycles. The summed E-state index contributed by atoms with van der Waals surface area (Å²) in [6.07, 6.45) is -0.399. The number of carbonyl (C=O) groups is 1. The zero-order valence-corrected chi connectivity index (χ0v) is 11.8. The number of hydrogen-bond donors (Lipinski definition) is 3. The molecular formula is C15H23NO4. The Kier molecular flexibility index (Phi) is 7.69. The molecule has 2 atom stereocenters. The fourth-order valence-corrected chi connectivity index (χ4v) is 1.78. The largest absolute Gasteiger partial charge is 0.445 e. The summed E-state index contributed by atoms with van der Waals surface area (Å²) in [5.74, 6) is 0. The fraction of sp³-hybridized carbons (Fsp3) is 0.533. The number of benzene rings is 1. The maximum absolute atomic E-state index is 11.4. The van der Waals surface area contributed by atoms with Gasteiger partial charge in [0.05, 0.1) is 12.2 Å². The standard InChI is InChI=1S/C15H23NO4/c1-2-6-13(17)14(18)9-10-16-15(19)20-11-12-7-4-3-5-8-12/h3-5,7-8,13-14,17-18H,2,6,9-11H2,1H3,(H,16,19)/t13-,14+/m0/s1. The van der Waals surface area contributed by atoms with E-state index >= 15 is 0 Å². The van der Waals surface area contributed by atoms with E-state index in [1.165, 1.54) is 0 Å². The first-order chi connectivity index (χ1) is 9.63. The topological polar surface area (TPSA) is 78.8 Å². The predicted octanol–water partition coefficient (Wildman–Crippen LogP) is 1.82. The van der Waals surface area contributed by atoms with E-state index in [1.54, 1.807) is 0 Å². The first kappa shape index (κ1) is 16.5. The molecule has 20 heavy (non-hydrogen) atoms. The Morgan fingerprint density at radius 3 is 2.50 bits per heavy atom. The highest BCUT2D eigenvalue weighted by Gasteiger charge is 2.15. The number of nitrogens with one attached hydrogen (secondary N) is 1. The molecular weight excluding hydrogens is 258 g/mol. The minimum atomic E-state index is -0.815. The molecule has 0 heterocycles. The minimum Gasteiger partial charge on any atom is -0.445 e. The van der Waals surface area contributed by atoms with E-state index in [4.69, 9.17) is 4.74 Å². The quantitative estimate of drug-likeness (QED) is 0.679. The Morgan fingerprint density at radius 1 is 1.20 bits per heavy atom. The van der Waals surface area contributed by atoms with Crippen LogP contribution < -0.4 is 5.32 Å². The van der Waals surface area contributed by atoms with Crippen molar-refractivity contribution < 1.29 is 19.7 Å². The number of alkyl carbamates (subject to hydrolysis) is 1. The third-order valence-electron chi connectivity index (χ3n) is 2.95. The second-order valence-corrected chi connectivity index (χ2v) is 4.70. The first-order valence-corrected chi connectivity index (χ1v) is 6.94. The van der Waals surface area contributed by atoms with E-state index in [2.05, 4.69) is 5.32 Å². The zero-order valence-electron chi connectivity index (χ0n) is 11.8. The third kappa shape index (κ3) is 6.54. The summed E-state index contributed by atoms with van der Waals surface area (Å²) in [6, 6.07) is 9.40. The second-order valence-electron chi connectivity index (χ2n) is 4.70. The Morgan fingerprint density at radius 2 is 1.85 bits per heavy atom. The van der Waals surface area contributed by atoms with Crippen LogP contribution in [0.5, 0.6) is 0 Å². The second kappa shape index (κ2) is 9.34. The van der Waals surface area contributed by atoms with Gasteiger partial charge in [0.25, 0.3) is 0 Å². The molecule has 0 fully saturated rings. The molecule has 0 aliphatic rings. The van der Waals surface area contributed by atoms with Gasteiger partial charge in [0.1, 0.15) is 6.61 Å². The monoisotopic (exact) mass is 281 g/mol. The Labute approximate surface area is 119 Å². The molecule has 0 bridgehead atoms. The molecule has 3 N–H and O–H groups in total. The zero-order chi connectivity index (χ0) is 14.8. The molecule has 5 heteroatoms. The molecule has 1 aromatic rings. The third-order valence-corrected chi connectivity index (χ3v) is 2.95. The smallest absolute Gasteiger partial charge is 0.407 e. The minimum absolute atomic E-state index is 0.216. The molecule has 0 spiro atoms. The molecule has 0 radical (unpaired) electrons. The number of carbonyl (C=O) groups excluding carboxylic acids is 1. The predicted molar refractivity (Wildman–Crippen MR) is 76.2 cm³/mol. The number of amides is 1. The van der Waals surface area contributed by atoms with E-state index in [0.717, 1.165) is 12.0 Å². The van der Waals surface area contributed by atoms with Crippen molar-refractivity contribution >= 4 is 6.09 Å². The van der Waals surface area contributed by atoms with Gasteiger partial charge in [-0.05, 0) is 18.4 Å².